The highest BCUT2D eigenvalue weighted by atomic mass is 32.2. The van der Waals surface area contributed by atoms with Gasteiger partial charge in [-0.15, -0.1) is 11.8 Å². The van der Waals surface area contributed by atoms with E-state index in [9.17, 15) is 13.2 Å². The molecule has 0 bridgehead atoms. The molecule has 1 N–H and O–H groups in total. The molecule has 1 saturated heterocycles. The molecular weight excluding hydrogens is 294 g/mol. The van der Waals surface area contributed by atoms with E-state index in [1.54, 1.807) is 0 Å². The van der Waals surface area contributed by atoms with Gasteiger partial charge in [-0.3, -0.25) is 4.79 Å². The van der Waals surface area contributed by atoms with Gasteiger partial charge in [0, 0.05) is 10.9 Å². The maximum absolute atomic E-state index is 11.9. The molecule has 2 rings (SSSR count). The number of sulfone groups is 1. The summed E-state index contributed by atoms with van der Waals surface area (Å²) in [7, 11) is -2.87. The SMILES string of the molecule is CCc1ccccc1NC(=O)CS[C@H]1CCS(=O)(=O)C1. The summed E-state index contributed by atoms with van der Waals surface area (Å²) in [5.41, 5.74) is 1.95. The first-order chi connectivity index (χ1) is 9.50. The second kappa shape index (κ2) is 6.63. The molecule has 20 heavy (non-hydrogen) atoms. The minimum absolute atomic E-state index is 0.0622. The van der Waals surface area contributed by atoms with E-state index in [1.165, 1.54) is 11.8 Å². The minimum atomic E-state index is -2.87. The number of rotatable bonds is 5. The van der Waals surface area contributed by atoms with Crippen molar-refractivity contribution < 1.29 is 13.2 Å². The lowest BCUT2D eigenvalue weighted by Gasteiger charge is -2.11. The van der Waals surface area contributed by atoms with Crippen LogP contribution in [-0.2, 0) is 21.1 Å². The van der Waals surface area contributed by atoms with Crippen molar-refractivity contribution in [3.8, 4) is 0 Å². The van der Waals surface area contributed by atoms with Gasteiger partial charge in [0.1, 0.15) is 0 Å². The van der Waals surface area contributed by atoms with Crippen LogP contribution in [-0.4, -0.2) is 36.8 Å². The fraction of sp³-hybridized carbons (Fsp3) is 0.500. The molecule has 1 aliphatic rings. The summed E-state index contributed by atoms with van der Waals surface area (Å²) in [6, 6.07) is 7.73. The lowest BCUT2D eigenvalue weighted by atomic mass is 10.1. The maximum Gasteiger partial charge on any atom is 0.234 e. The predicted molar refractivity (Wildman–Crippen MR) is 84.0 cm³/mol. The number of anilines is 1. The smallest absolute Gasteiger partial charge is 0.234 e. The van der Waals surface area contributed by atoms with E-state index in [-0.39, 0.29) is 22.7 Å². The summed E-state index contributed by atoms with van der Waals surface area (Å²) in [5, 5.41) is 2.96. The Morgan fingerprint density at radius 2 is 2.15 bits per heavy atom. The van der Waals surface area contributed by atoms with Crippen LogP contribution in [0.1, 0.15) is 18.9 Å². The van der Waals surface area contributed by atoms with E-state index in [4.69, 9.17) is 0 Å². The summed E-state index contributed by atoms with van der Waals surface area (Å²) in [6.45, 7) is 2.04. The quantitative estimate of drug-likeness (QED) is 0.904. The number of benzene rings is 1. The molecule has 1 aromatic carbocycles. The number of para-hydroxylation sites is 1. The van der Waals surface area contributed by atoms with E-state index < -0.39 is 9.84 Å². The highest BCUT2D eigenvalue weighted by Gasteiger charge is 2.28. The van der Waals surface area contributed by atoms with Crippen molar-refractivity contribution in [3.05, 3.63) is 29.8 Å². The average molecular weight is 313 g/mol. The Hall–Kier alpha value is -1.01. The average Bonchev–Trinajstić information content (AvgIpc) is 2.77. The van der Waals surface area contributed by atoms with Gasteiger partial charge in [0.05, 0.1) is 17.3 Å². The topological polar surface area (TPSA) is 63.2 Å². The van der Waals surface area contributed by atoms with Crippen LogP contribution in [0.2, 0.25) is 0 Å². The number of hydrogen-bond acceptors (Lipinski definition) is 4. The summed E-state index contributed by atoms with van der Waals surface area (Å²) < 4.78 is 22.7. The molecule has 0 aliphatic carbocycles. The lowest BCUT2D eigenvalue weighted by molar-refractivity contribution is -0.113. The Morgan fingerprint density at radius 3 is 2.80 bits per heavy atom. The van der Waals surface area contributed by atoms with Gasteiger partial charge >= 0.3 is 0 Å². The zero-order chi connectivity index (χ0) is 14.6. The van der Waals surface area contributed by atoms with Gasteiger partial charge < -0.3 is 5.32 Å². The maximum atomic E-state index is 11.9. The highest BCUT2D eigenvalue weighted by molar-refractivity contribution is 8.02. The van der Waals surface area contributed by atoms with Crippen LogP contribution >= 0.6 is 11.8 Å². The summed E-state index contributed by atoms with van der Waals surface area (Å²) in [4.78, 5) is 11.9. The second-order valence-electron chi connectivity index (χ2n) is 4.89. The van der Waals surface area contributed by atoms with Crippen molar-refractivity contribution in [2.75, 3.05) is 22.6 Å². The molecule has 0 aromatic heterocycles. The Balaban J connectivity index is 1.84. The molecule has 1 heterocycles. The van der Waals surface area contributed by atoms with Gasteiger partial charge in [-0.25, -0.2) is 8.42 Å². The highest BCUT2D eigenvalue weighted by Crippen LogP contribution is 2.24. The van der Waals surface area contributed by atoms with Gasteiger partial charge in [-0.1, -0.05) is 25.1 Å². The van der Waals surface area contributed by atoms with Crippen molar-refractivity contribution in [1.29, 1.82) is 0 Å². The van der Waals surface area contributed by atoms with Crippen LogP contribution in [0.5, 0.6) is 0 Å². The standard InChI is InChI=1S/C14H19NO3S2/c1-2-11-5-3-4-6-13(11)15-14(16)9-19-12-7-8-20(17,18)10-12/h3-6,12H,2,7-10H2,1H3,(H,15,16)/t12-/m0/s1. The number of amides is 1. The number of thioether (sulfide) groups is 1. The predicted octanol–water partition coefficient (Wildman–Crippen LogP) is 2.11. The van der Waals surface area contributed by atoms with E-state index in [1.807, 2.05) is 31.2 Å². The van der Waals surface area contributed by atoms with Crippen molar-refractivity contribution in [3.63, 3.8) is 0 Å². The van der Waals surface area contributed by atoms with Crippen molar-refractivity contribution in [1.82, 2.24) is 0 Å². The molecule has 1 atom stereocenters. The summed E-state index contributed by atoms with van der Waals surface area (Å²) in [5.74, 6) is 0.694. The molecule has 0 spiro atoms. The van der Waals surface area contributed by atoms with Crippen LogP contribution in [0.3, 0.4) is 0 Å². The third kappa shape index (κ3) is 4.24. The molecule has 1 aliphatic heterocycles. The van der Waals surface area contributed by atoms with E-state index in [2.05, 4.69) is 5.32 Å². The number of nitrogens with one attached hydrogen (secondary N) is 1. The third-order valence-electron chi connectivity index (χ3n) is 3.31. The number of hydrogen-bond donors (Lipinski definition) is 1. The summed E-state index contributed by atoms with van der Waals surface area (Å²) >= 11 is 1.44. The molecule has 0 radical (unpaired) electrons. The first kappa shape index (κ1) is 15.4. The van der Waals surface area contributed by atoms with E-state index in [0.29, 0.717) is 12.2 Å². The molecule has 0 unspecified atom stereocenters. The first-order valence-electron chi connectivity index (χ1n) is 6.70. The van der Waals surface area contributed by atoms with Gasteiger partial charge in [-0.2, -0.15) is 0 Å². The molecule has 110 valence electrons. The van der Waals surface area contributed by atoms with E-state index >= 15 is 0 Å². The number of carbonyl (C=O) groups is 1. The largest absolute Gasteiger partial charge is 0.325 e. The van der Waals surface area contributed by atoms with Crippen LogP contribution in [0, 0.1) is 0 Å². The zero-order valence-corrected chi connectivity index (χ0v) is 13.1. The van der Waals surface area contributed by atoms with Crippen LogP contribution in [0.15, 0.2) is 24.3 Å². The molecule has 1 fully saturated rings. The van der Waals surface area contributed by atoms with Crippen molar-refractivity contribution in [2.45, 2.75) is 25.0 Å². The van der Waals surface area contributed by atoms with Gasteiger partial charge in [0.25, 0.3) is 0 Å². The van der Waals surface area contributed by atoms with Crippen molar-refractivity contribution in [2.24, 2.45) is 0 Å². The van der Waals surface area contributed by atoms with Crippen molar-refractivity contribution >= 4 is 33.2 Å². The van der Waals surface area contributed by atoms with Gasteiger partial charge in [0.15, 0.2) is 9.84 Å². The second-order valence-corrected chi connectivity index (χ2v) is 8.41. The Bertz CT molecular complexity index is 584. The van der Waals surface area contributed by atoms with Crippen LogP contribution < -0.4 is 5.32 Å². The Kier molecular flexibility index (Phi) is 5.10. The first-order valence-corrected chi connectivity index (χ1v) is 9.57. The molecule has 1 aromatic rings. The molecule has 4 nitrogen and oxygen atoms in total. The Labute approximate surface area is 124 Å². The van der Waals surface area contributed by atoms with Gasteiger partial charge in [-0.05, 0) is 24.5 Å². The summed E-state index contributed by atoms with van der Waals surface area (Å²) in [6.07, 6.45) is 1.52. The Morgan fingerprint density at radius 1 is 1.40 bits per heavy atom. The molecule has 0 saturated carbocycles. The fourth-order valence-electron chi connectivity index (χ4n) is 2.22. The van der Waals surface area contributed by atoms with Gasteiger partial charge in [0.2, 0.25) is 5.91 Å². The monoisotopic (exact) mass is 313 g/mol. The normalized spacial score (nSPS) is 20.8. The molecular formula is C14H19NO3S2. The molecule has 1 amide bonds. The van der Waals surface area contributed by atoms with E-state index in [0.717, 1.165) is 17.7 Å². The molecule has 6 heteroatoms. The van der Waals surface area contributed by atoms with Crippen LogP contribution in [0.25, 0.3) is 0 Å². The third-order valence-corrected chi connectivity index (χ3v) is 6.59. The fourth-order valence-corrected chi connectivity index (χ4v) is 5.67. The lowest BCUT2D eigenvalue weighted by Crippen LogP contribution is -2.18. The minimum Gasteiger partial charge on any atom is -0.325 e. The van der Waals surface area contributed by atoms with Crippen LogP contribution in [0.4, 0.5) is 5.69 Å². The zero-order valence-electron chi connectivity index (χ0n) is 11.5. The number of carbonyl (C=O) groups excluding carboxylic acids is 1. The number of aryl methyl sites for hydroxylation is 1.